The van der Waals surface area contributed by atoms with Gasteiger partial charge in [-0.05, 0) is 73.8 Å². The zero-order valence-corrected chi connectivity index (χ0v) is 16.0. The topological polar surface area (TPSA) is 41.6 Å². The van der Waals surface area contributed by atoms with Crippen molar-refractivity contribution in [3.05, 3.63) is 59.7 Å². The van der Waals surface area contributed by atoms with Crippen molar-refractivity contribution < 1.29 is 9.53 Å². The highest BCUT2D eigenvalue weighted by Gasteiger charge is 2.19. The number of thiocarbonyl (C=S) groups is 1. The highest BCUT2D eigenvalue weighted by molar-refractivity contribution is 7.80. The van der Waals surface area contributed by atoms with Crippen LogP contribution in [0, 0.1) is 12.8 Å². The van der Waals surface area contributed by atoms with Crippen LogP contribution in [0.4, 0.5) is 5.69 Å². The Balaban J connectivity index is 1.64. The highest BCUT2D eigenvalue weighted by atomic mass is 32.1. The lowest BCUT2D eigenvalue weighted by Gasteiger charge is -2.31. The molecule has 1 amide bonds. The molecule has 1 aliphatic rings. The molecule has 0 unspecified atom stereocenters. The molecule has 0 saturated carbocycles. The predicted molar refractivity (Wildman–Crippen MR) is 109 cm³/mol. The van der Waals surface area contributed by atoms with Gasteiger partial charge in [0.05, 0.1) is 0 Å². The maximum absolute atomic E-state index is 12.5. The fraction of sp³-hybridized carbons (Fsp3) is 0.333. The van der Waals surface area contributed by atoms with Crippen molar-refractivity contribution in [3.8, 4) is 5.75 Å². The van der Waals surface area contributed by atoms with Gasteiger partial charge in [-0.2, -0.15) is 0 Å². The highest BCUT2D eigenvalue weighted by Crippen LogP contribution is 2.20. The average Bonchev–Trinajstić information content (AvgIpc) is 2.62. The first-order valence-corrected chi connectivity index (χ1v) is 9.37. The lowest BCUT2D eigenvalue weighted by atomic mass is 10.00. The summed E-state index contributed by atoms with van der Waals surface area (Å²) in [5.41, 5.74) is 2.42. The number of nitrogens with one attached hydrogen (secondary N) is 1. The van der Waals surface area contributed by atoms with E-state index in [0.29, 0.717) is 16.5 Å². The van der Waals surface area contributed by atoms with Gasteiger partial charge in [-0.25, -0.2) is 0 Å². The van der Waals surface area contributed by atoms with Crippen LogP contribution in [0.15, 0.2) is 48.5 Å². The lowest BCUT2D eigenvalue weighted by molar-refractivity contribution is 0.102. The van der Waals surface area contributed by atoms with Crippen LogP contribution in [-0.4, -0.2) is 29.1 Å². The van der Waals surface area contributed by atoms with E-state index in [9.17, 15) is 4.79 Å². The summed E-state index contributed by atoms with van der Waals surface area (Å²) in [5.74, 6) is 1.16. The van der Waals surface area contributed by atoms with E-state index in [1.807, 2.05) is 37.3 Å². The number of ether oxygens (including phenoxy) is 1. The second kappa shape index (κ2) is 8.32. The first-order valence-electron chi connectivity index (χ1n) is 8.96. The van der Waals surface area contributed by atoms with Gasteiger partial charge in [-0.15, -0.1) is 0 Å². The van der Waals surface area contributed by atoms with Gasteiger partial charge in [-0.1, -0.05) is 25.1 Å². The van der Waals surface area contributed by atoms with E-state index >= 15 is 0 Å². The Morgan fingerprint density at radius 1 is 1.15 bits per heavy atom. The number of anilines is 1. The number of piperidine rings is 1. The molecule has 2 aromatic carbocycles. The number of likely N-dealkylation sites (tertiary alicyclic amines) is 1. The van der Waals surface area contributed by atoms with Gasteiger partial charge in [0.1, 0.15) is 5.75 Å². The van der Waals surface area contributed by atoms with Crippen LogP contribution in [0.1, 0.15) is 35.7 Å². The first kappa shape index (κ1) is 18.4. The van der Waals surface area contributed by atoms with E-state index in [4.69, 9.17) is 17.0 Å². The molecule has 1 N–H and O–H groups in total. The largest absolute Gasteiger partial charge is 0.432 e. The van der Waals surface area contributed by atoms with Gasteiger partial charge in [0.25, 0.3) is 11.1 Å². The number of hydrogen-bond acceptors (Lipinski definition) is 3. The Morgan fingerprint density at radius 2 is 1.88 bits per heavy atom. The summed E-state index contributed by atoms with van der Waals surface area (Å²) in [6, 6.07) is 14.8. The van der Waals surface area contributed by atoms with E-state index < -0.39 is 0 Å². The third-order valence-electron chi connectivity index (χ3n) is 4.62. The monoisotopic (exact) mass is 368 g/mol. The average molecular weight is 369 g/mol. The lowest BCUT2D eigenvalue weighted by Crippen LogP contribution is -2.39. The molecule has 0 bridgehead atoms. The Labute approximate surface area is 160 Å². The minimum Gasteiger partial charge on any atom is -0.432 e. The fourth-order valence-electron chi connectivity index (χ4n) is 2.98. The van der Waals surface area contributed by atoms with E-state index in [1.54, 1.807) is 18.2 Å². The van der Waals surface area contributed by atoms with Crippen LogP contribution in [-0.2, 0) is 0 Å². The molecule has 1 saturated heterocycles. The molecule has 1 heterocycles. The molecule has 0 spiro atoms. The van der Waals surface area contributed by atoms with Crippen molar-refractivity contribution in [1.29, 1.82) is 0 Å². The molecule has 0 radical (unpaired) electrons. The number of benzene rings is 2. The van der Waals surface area contributed by atoms with Crippen LogP contribution >= 0.6 is 12.2 Å². The van der Waals surface area contributed by atoms with E-state index in [0.717, 1.165) is 43.1 Å². The third kappa shape index (κ3) is 4.82. The van der Waals surface area contributed by atoms with Crippen LogP contribution in [0.5, 0.6) is 5.75 Å². The standard InChI is InChI=1S/C21H24N2O2S/c1-15-9-11-23(12-10-15)21(26)25-19-8-4-6-17(14-19)20(24)22-18-7-3-5-16(2)13-18/h3-8,13-15H,9-12H2,1-2H3,(H,22,24). The summed E-state index contributed by atoms with van der Waals surface area (Å²) in [6.45, 7) is 6.10. The smallest absolute Gasteiger partial charge is 0.264 e. The van der Waals surface area contributed by atoms with Crippen LogP contribution in [0.3, 0.4) is 0 Å². The summed E-state index contributed by atoms with van der Waals surface area (Å²) < 4.78 is 5.83. The first-order chi connectivity index (χ1) is 12.5. The molecule has 0 atom stereocenters. The zero-order chi connectivity index (χ0) is 18.5. The van der Waals surface area contributed by atoms with Gasteiger partial charge >= 0.3 is 0 Å². The van der Waals surface area contributed by atoms with Gasteiger partial charge in [0, 0.05) is 24.3 Å². The maximum atomic E-state index is 12.5. The fourth-order valence-corrected chi connectivity index (χ4v) is 3.26. The number of hydrogen-bond donors (Lipinski definition) is 1. The third-order valence-corrected chi connectivity index (χ3v) is 4.96. The minimum absolute atomic E-state index is 0.168. The summed E-state index contributed by atoms with van der Waals surface area (Å²) in [5, 5.41) is 3.39. The number of carbonyl (C=O) groups is 1. The molecule has 1 aliphatic heterocycles. The van der Waals surface area contributed by atoms with E-state index in [1.165, 1.54) is 0 Å². The summed E-state index contributed by atoms with van der Waals surface area (Å²) in [4.78, 5) is 14.6. The molecule has 1 fully saturated rings. The van der Waals surface area contributed by atoms with Crippen LogP contribution in [0.2, 0.25) is 0 Å². The van der Waals surface area contributed by atoms with Crippen molar-refractivity contribution >= 4 is 29.0 Å². The minimum atomic E-state index is -0.168. The van der Waals surface area contributed by atoms with Crippen molar-refractivity contribution in [3.63, 3.8) is 0 Å². The van der Waals surface area contributed by atoms with Crippen LogP contribution in [0.25, 0.3) is 0 Å². The SMILES string of the molecule is Cc1cccc(NC(=O)c2cccc(OC(=S)N3CCC(C)CC3)c2)c1. The number of rotatable bonds is 3. The predicted octanol–water partition coefficient (Wildman–Crippen LogP) is 4.64. The van der Waals surface area contributed by atoms with Crippen LogP contribution < -0.4 is 10.1 Å². The number of aryl methyl sites for hydroxylation is 1. The quantitative estimate of drug-likeness (QED) is 0.801. The molecule has 26 heavy (non-hydrogen) atoms. The molecular weight excluding hydrogens is 344 g/mol. The van der Waals surface area contributed by atoms with Gasteiger partial charge in [-0.3, -0.25) is 4.79 Å². The van der Waals surface area contributed by atoms with Crippen molar-refractivity contribution in [2.45, 2.75) is 26.7 Å². The van der Waals surface area contributed by atoms with Crippen molar-refractivity contribution in [2.75, 3.05) is 18.4 Å². The Kier molecular flexibility index (Phi) is 5.89. The zero-order valence-electron chi connectivity index (χ0n) is 15.2. The van der Waals surface area contributed by atoms with E-state index in [-0.39, 0.29) is 5.91 Å². The van der Waals surface area contributed by atoms with Gasteiger partial charge < -0.3 is 15.0 Å². The molecule has 0 aromatic heterocycles. The summed E-state index contributed by atoms with van der Waals surface area (Å²) in [6.07, 6.45) is 2.25. The Morgan fingerprint density at radius 3 is 2.62 bits per heavy atom. The molecule has 5 heteroatoms. The van der Waals surface area contributed by atoms with Gasteiger partial charge in [0.2, 0.25) is 0 Å². The van der Waals surface area contributed by atoms with E-state index in [2.05, 4.69) is 17.1 Å². The number of amides is 1. The summed E-state index contributed by atoms with van der Waals surface area (Å²) >= 11 is 5.43. The molecular formula is C21H24N2O2S. The second-order valence-electron chi connectivity index (χ2n) is 6.89. The van der Waals surface area contributed by atoms with Crippen molar-refractivity contribution in [2.24, 2.45) is 5.92 Å². The Bertz CT molecular complexity index is 798. The molecule has 0 aliphatic carbocycles. The van der Waals surface area contributed by atoms with Gasteiger partial charge in [0.15, 0.2) is 0 Å². The Hall–Kier alpha value is -2.40. The maximum Gasteiger partial charge on any atom is 0.264 e. The number of carbonyl (C=O) groups excluding carboxylic acids is 1. The summed E-state index contributed by atoms with van der Waals surface area (Å²) in [7, 11) is 0. The normalized spacial score (nSPS) is 14.8. The molecule has 4 nitrogen and oxygen atoms in total. The molecule has 2 aromatic rings. The second-order valence-corrected chi connectivity index (χ2v) is 7.24. The molecule has 136 valence electrons. The van der Waals surface area contributed by atoms with Crippen molar-refractivity contribution in [1.82, 2.24) is 4.90 Å². The molecule has 3 rings (SSSR count). The number of nitrogens with zero attached hydrogens (tertiary/aromatic N) is 1.